The summed E-state index contributed by atoms with van der Waals surface area (Å²) in [5, 5.41) is 23.6. The van der Waals surface area contributed by atoms with Crippen molar-refractivity contribution in [2.24, 2.45) is 5.73 Å². The first-order valence-electron chi connectivity index (χ1n) is 12.7. The van der Waals surface area contributed by atoms with Crippen molar-refractivity contribution in [3.63, 3.8) is 0 Å². The zero-order chi connectivity index (χ0) is 23.7. The molecular weight excluding hydrogens is 378 g/mol. The fourth-order valence-electron chi connectivity index (χ4n) is 2.69. The van der Waals surface area contributed by atoms with Crippen LogP contribution in [0.5, 0.6) is 0 Å². The Morgan fingerprint density at radius 3 is 1.07 bits per heavy atom. The lowest BCUT2D eigenvalue weighted by Crippen LogP contribution is -1.96. The molecule has 0 bridgehead atoms. The summed E-state index contributed by atoms with van der Waals surface area (Å²) < 4.78 is 0. The van der Waals surface area contributed by atoms with Crippen LogP contribution in [0, 0.1) is 0 Å². The minimum atomic E-state index is -0.655. The molecule has 186 valence electrons. The van der Waals surface area contributed by atoms with Crippen molar-refractivity contribution in [3.8, 4) is 0 Å². The monoisotopic (exact) mass is 435 g/mol. The average molecular weight is 436 g/mol. The van der Waals surface area contributed by atoms with Gasteiger partial charge in [0.1, 0.15) is 0 Å². The third-order valence-corrected chi connectivity index (χ3v) is 4.30. The molecule has 5 heteroatoms. The van der Waals surface area contributed by atoms with Crippen molar-refractivity contribution < 1.29 is 20.1 Å². The van der Waals surface area contributed by atoms with Gasteiger partial charge in [-0.05, 0) is 33.2 Å². The van der Waals surface area contributed by atoms with E-state index in [1.54, 1.807) is 13.8 Å². The van der Waals surface area contributed by atoms with Crippen molar-refractivity contribution in [2.75, 3.05) is 19.8 Å². The first-order valence-corrected chi connectivity index (χ1v) is 12.7. The summed E-state index contributed by atoms with van der Waals surface area (Å²) in [5.41, 5.74) is 5.21. The molecule has 5 N–H and O–H groups in total. The number of carbonyl (C=O) groups is 1. The maximum Gasteiger partial charge on any atom is 0.303 e. The van der Waals surface area contributed by atoms with Gasteiger partial charge in [0.2, 0.25) is 0 Å². The van der Waals surface area contributed by atoms with E-state index >= 15 is 0 Å². The number of rotatable bonds is 17. The summed E-state index contributed by atoms with van der Waals surface area (Å²) in [5.74, 6) is -0.655. The van der Waals surface area contributed by atoms with Gasteiger partial charge in [-0.15, -0.1) is 0 Å². The molecule has 0 rings (SSSR count). The largest absolute Gasteiger partial charge is 0.481 e. The van der Waals surface area contributed by atoms with Gasteiger partial charge in [0.05, 0.1) is 0 Å². The quantitative estimate of drug-likeness (QED) is 0.191. The third-order valence-electron chi connectivity index (χ3n) is 4.30. The SMILES string of the molecule is CCCCCCCCCCCCCCCC(=O)O.CCCCCN.CCO.CCO. The van der Waals surface area contributed by atoms with Gasteiger partial charge in [-0.25, -0.2) is 0 Å². The molecule has 0 heterocycles. The lowest BCUT2D eigenvalue weighted by molar-refractivity contribution is -0.137. The van der Waals surface area contributed by atoms with Gasteiger partial charge in [-0.2, -0.15) is 0 Å². The number of aliphatic carboxylic acids is 1. The molecular formula is C25H57NO4. The molecule has 30 heavy (non-hydrogen) atoms. The predicted octanol–water partition coefficient (Wildman–Crippen LogP) is 6.68. The van der Waals surface area contributed by atoms with Crippen LogP contribution in [0.1, 0.15) is 137 Å². The van der Waals surface area contributed by atoms with Crippen molar-refractivity contribution in [1.29, 1.82) is 0 Å². The molecule has 0 atom stereocenters. The zero-order valence-corrected chi connectivity index (χ0v) is 21.0. The fourth-order valence-corrected chi connectivity index (χ4v) is 2.69. The van der Waals surface area contributed by atoms with Crippen LogP contribution >= 0.6 is 0 Å². The van der Waals surface area contributed by atoms with Crippen LogP contribution in [-0.2, 0) is 4.79 Å². The molecule has 0 unspecified atom stereocenters. The van der Waals surface area contributed by atoms with E-state index in [0.717, 1.165) is 19.4 Å². The van der Waals surface area contributed by atoms with E-state index in [2.05, 4.69) is 13.8 Å². The molecule has 0 aromatic heterocycles. The van der Waals surface area contributed by atoms with Crippen LogP contribution in [0.4, 0.5) is 0 Å². The average Bonchev–Trinajstić information content (AvgIpc) is 2.71. The normalized spacial score (nSPS) is 9.43. The Labute approximate surface area is 188 Å². The Morgan fingerprint density at radius 2 is 0.833 bits per heavy atom. The van der Waals surface area contributed by atoms with E-state index < -0.39 is 5.97 Å². The van der Waals surface area contributed by atoms with E-state index in [1.807, 2.05) is 0 Å². The molecule has 0 saturated carbocycles. The number of unbranched alkanes of at least 4 members (excludes halogenated alkanes) is 14. The number of aliphatic hydroxyl groups is 2. The molecule has 0 saturated heterocycles. The number of nitrogens with two attached hydrogens (primary N) is 1. The number of hydrogen-bond acceptors (Lipinski definition) is 4. The number of carboxylic acid groups (broad SMARTS) is 1. The first-order chi connectivity index (χ1) is 14.5. The van der Waals surface area contributed by atoms with E-state index in [1.165, 1.54) is 89.9 Å². The minimum absolute atomic E-state index is 0.250. The fraction of sp³-hybridized carbons (Fsp3) is 0.960. The topological polar surface area (TPSA) is 104 Å². The molecule has 0 aromatic carbocycles. The molecule has 5 nitrogen and oxygen atoms in total. The van der Waals surface area contributed by atoms with Crippen molar-refractivity contribution in [1.82, 2.24) is 0 Å². The Bertz CT molecular complexity index is 258. The van der Waals surface area contributed by atoms with Gasteiger partial charge >= 0.3 is 5.97 Å². The molecule has 0 aromatic rings. The van der Waals surface area contributed by atoms with Gasteiger partial charge < -0.3 is 21.1 Å². The minimum Gasteiger partial charge on any atom is -0.481 e. The lowest BCUT2D eigenvalue weighted by atomic mass is 10.0. The third kappa shape index (κ3) is 63.1. The summed E-state index contributed by atoms with van der Waals surface area (Å²) >= 11 is 0. The maximum atomic E-state index is 10.3. The number of carboxylic acids is 1. The molecule has 0 amide bonds. The van der Waals surface area contributed by atoms with Gasteiger partial charge in [0.15, 0.2) is 0 Å². The van der Waals surface area contributed by atoms with E-state index in [0.29, 0.717) is 6.42 Å². The van der Waals surface area contributed by atoms with E-state index in [9.17, 15) is 4.79 Å². The molecule has 0 aliphatic rings. The van der Waals surface area contributed by atoms with Crippen LogP contribution in [0.2, 0.25) is 0 Å². The lowest BCUT2D eigenvalue weighted by Gasteiger charge is -2.02. The maximum absolute atomic E-state index is 10.3. The van der Waals surface area contributed by atoms with E-state index in [4.69, 9.17) is 21.1 Å². The summed E-state index contributed by atoms with van der Waals surface area (Å²) in [7, 11) is 0. The Balaban J connectivity index is -0.000000231. The molecule has 0 aliphatic heterocycles. The Hall–Kier alpha value is -0.650. The summed E-state index contributed by atoms with van der Waals surface area (Å²) in [6.07, 6.45) is 21.0. The highest BCUT2D eigenvalue weighted by atomic mass is 16.4. The van der Waals surface area contributed by atoms with Gasteiger partial charge in [0.25, 0.3) is 0 Å². The molecule has 0 fully saturated rings. The van der Waals surface area contributed by atoms with Crippen LogP contribution < -0.4 is 5.73 Å². The standard InChI is InChI=1S/C16H32O2.C5H13N.2C2H6O/c1-2-3-4-5-6-7-8-9-10-11-12-13-14-15-16(17)18;1-2-3-4-5-6;2*1-2-3/h2-15H2,1H3,(H,17,18);2-6H2,1H3;2*3H,2H2,1H3. The van der Waals surface area contributed by atoms with Gasteiger partial charge in [-0.1, -0.05) is 104 Å². The predicted molar refractivity (Wildman–Crippen MR) is 132 cm³/mol. The molecule has 0 aliphatic carbocycles. The van der Waals surface area contributed by atoms with Crippen LogP contribution in [-0.4, -0.2) is 41.0 Å². The second-order valence-electron chi connectivity index (χ2n) is 7.51. The van der Waals surface area contributed by atoms with Crippen LogP contribution in [0.25, 0.3) is 0 Å². The van der Waals surface area contributed by atoms with Gasteiger partial charge in [0, 0.05) is 19.6 Å². The summed E-state index contributed by atoms with van der Waals surface area (Å²) in [4.78, 5) is 10.3. The molecule has 0 spiro atoms. The van der Waals surface area contributed by atoms with Crippen molar-refractivity contribution >= 4 is 5.97 Å². The summed E-state index contributed by atoms with van der Waals surface area (Å²) in [6.45, 7) is 9.15. The van der Waals surface area contributed by atoms with E-state index in [-0.39, 0.29) is 13.2 Å². The summed E-state index contributed by atoms with van der Waals surface area (Å²) in [6, 6.07) is 0. The highest BCUT2D eigenvalue weighted by Crippen LogP contribution is 2.12. The second-order valence-corrected chi connectivity index (χ2v) is 7.51. The number of hydrogen-bond donors (Lipinski definition) is 4. The van der Waals surface area contributed by atoms with Crippen LogP contribution in [0.15, 0.2) is 0 Å². The van der Waals surface area contributed by atoms with Crippen LogP contribution in [0.3, 0.4) is 0 Å². The highest BCUT2D eigenvalue weighted by Gasteiger charge is 1.96. The zero-order valence-electron chi connectivity index (χ0n) is 21.0. The molecule has 0 radical (unpaired) electrons. The van der Waals surface area contributed by atoms with Crippen molar-refractivity contribution in [2.45, 2.75) is 137 Å². The first kappa shape index (κ1) is 36.7. The Kier molecular flexibility index (Phi) is 51.9. The van der Waals surface area contributed by atoms with Crippen molar-refractivity contribution in [3.05, 3.63) is 0 Å². The Morgan fingerprint density at radius 1 is 0.567 bits per heavy atom. The smallest absolute Gasteiger partial charge is 0.303 e. The second kappa shape index (κ2) is 42.5. The highest BCUT2D eigenvalue weighted by molar-refractivity contribution is 5.66. The number of aliphatic hydroxyl groups excluding tert-OH is 2. The van der Waals surface area contributed by atoms with Gasteiger partial charge in [-0.3, -0.25) is 4.79 Å².